The van der Waals surface area contributed by atoms with Crippen molar-refractivity contribution in [1.82, 2.24) is 14.1 Å². The number of rotatable bonds is 7. The summed E-state index contributed by atoms with van der Waals surface area (Å²) in [5.74, 6) is -1.58. The molecule has 2 N–H and O–H groups in total. The fourth-order valence-electron chi connectivity index (χ4n) is 3.76. The molecular weight excluding hydrogens is 475 g/mol. The molecule has 35 heavy (non-hydrogen) atoms. The molecule has 0 amide bonds. The Kier molecular flexibility index (Phi) is 6.37. The summed E-state index contributed by atoms with van der Waals surface area (Å²) in [6.45, 7) is 3.03. The van der Waals surface area contributed by atoms with Crippen molar-refractivity contribution in [2.45, 2.75) is 18.7 Å². The molecule has 0 spiro atoms. The third-order valence-electron chi connectivity index (χ3n) is 5.44. The summed E-state index contributed by atoms with van der Waals surface area (Å²) in [5, 5.41) is 5.15. The quantitative estimate of drug-likeness (QED) is 0.310. The Hall–Kier alpha value is -4.09. The van der Waals surface area contributed by atoms with Crippen molar-refractivity contribution in [3.8, 4) is 11.4 Å². The van der Waals surface area contributed by atoms with Gasteiger partial charge in [0.1, 0.15) is 5.82 Å². The summed E-state index contributed by atoms with van der Waals surface area (Å²) in [4.78, 5) is 29.4. The molecule has 0 atom stereocenters. The van der Waals surface area contributed by atoms with Crippen molar-refractivity contribution >= 4 is 21.8 Å². The lowest BCUT2D eigenvalue weighted by Crippen LogP contribution is -2.17. The van der Waals surface area contributed by atoms with Crippen LogP contribution in [-0.4, -0.2) is 40.9 Å². The van der Waals surface area contributed by atoms with Gasteiger partial charge in [0, 0.05) is 28.3 Å². The molecule has 0 unspecified atom stereocenters. The summed E-state index contributed by atoms with van der Waals surface area (Å²) in [5.41, 5.74) is 2.94. The van der Waals surface area contributed by atoms with Crippen LogP contribution in [0, 0.1) is 19.7 Å². The van der Waals surface area contributed by atoms with Crippen molar-refractivity contribution in [2.75, 3.05) is 6.61 Å². The largest absolute Gasteiger partial charge is 0.453 e. The first-order chi connectivity index (χ1) is 16.6. The van der Waals surface area contributed by atoms with Gasteiger partial charge in [0.15, 0.2) is 12.3 Å². The smallest absolute Gasteiger partial charge is 0.357 e. The molecule has 2 aromatic heterocycles. The molecule has 0 radical (unpaired) electrons. The fourth-order valence-corrected chi connectivity index (χ4v) is 4.28. The van der Waals surface area contributed by atoms with Crippen LogP contribution in [-0.2, 0) is 14.8 Å². The lowest BCUT2D eigenvalue weighted by Gasteiger charge is -2.11. The van der Waals surface area contributed by atoms with E-state index in [1.165, 1.54) is 53.5 Å². The number of aromatic nitrogens is 3. The predicted octanol–water partition coefficient (Wildman–Crippen LogP) is 3.11. The molecule has 11 heteroatoms. The number of benzene rings is 2. The van der Waals surface area contributed by atoms with Crippen molar-refractivity contribution in [1.29, 1.82) is 0 Å². The Bertz CT molecular complexity index is 1520. The number of sulfonamides is 1. The molecule has 0 saturated carbocycles. The summed E-state index contributed by atoms with van der Waals surface area (Å²) in [6.07, 6.45) is 2.69. The number of ether oxygens (including phenoxy) is 1. The average molecular weight is 497 g/mol. The van der Waals surface area contributed by atoms with E-state index in [9.17, 15) is 22.4 Å². The number of carbonyl (C=O) groups is 2. The van der Waals surface area contributed by atoms with Crippen LogP contribution in [0.5, 0.6) is 0 Å². The van der Waals surface area contributed by atoms with Crippen LogP contribution in [0.15, 0.2) is 72.0 Å². The highest BCUT2D eigenvalue weighted by atomic mass is 32.2. The Morgan fingerprint density at radius 1 is 1.03 bits per heavy atom. The first-order valence-electron chi connectivity index (χ1n) is 10.4. The normalized spacial score (nSPS) is 11.4. The lowest BCUT2D eigenvalue weighted by atomic mass is 10.1. The van der Waals surface area contributed by atoms with Gasteiger partial charge in [-0.15, -0.1) is 0 Å². The van der Waals surface area contributed by atoms with Gasteiger partial charge in [0.05, 0.1) is 17.4 Å². The Morgan fingerprint density at radius 2 is 1.66 bits per heavy atom. The zero-order valence-corrected chi connectivity index (χ0v) is 19.6. The highest BCUT2D eigenvalue weighted by Gasteiger charge is 2.21. The van der Waals surface area contributed by atoms with Gasteiger partial charge in [0.2, 0.25) is 15.8 Å². The predicted molar refractivity (Wildman–Crippen MR) is 125 cm³/mol. The minimum absolute atomic E-state index is 0.0215. The van der Waals surface area contributed by atoms with Gasteiger partial charge in [0.25, 0.3) is 0 Å². The SMILES string of the molecule is Cc1cc(C(=O)COC(=O)c2cncn2-c2ccc(F)cc2)c(C)n1-c1ccc(S(N)(=O)=O)cc1. The number of hydrogen-bond acceptors (Lipinski definition) is 6. The molecule has 0 bridgehead atoms. The van der Waals surface area contributed by atoms with Crippen molar-refractivity contribution in [2.24, 2.45) is 5.14 Å². The highest BCUT2D eigenvalue weighted by Crippen LogP contribution is 2.23. The maximum absolute atomic E-state index is 13.2. The van der Waals surface area contributed by atoms with Gasteiger partial charge in [-0.3, -0.25) is 9.36 Å². The van der Waals surface area contributed by atoms with Gasteiger partial charge in [-0.1, -0.05) is 0 Å². The second kappa shape index (κ2) is 9.28. The third-order valence-corrected chi connectivity index (χ3v) is 6.37. The van der Waals surface area contributed by atoms with Crippen molar-refractivity contribution in [3.05, 3.63) is 95.6 Å². The number of imidazole rings is 1. The van der Waals surface area contributed by atoms with E-state index in [0.717, 1.165) is 5.69 Å². The molecular formula is C24H21FN4O5S. The molecule has 4 rings (SSSR count). The van der Waals surface area contributed by atoms with E-state index in [1.807, 2.05) is 0 Å². The topological polar surface area (TPSA) is 126 Å². The van der Waals surface area contributed by atoms with Gasteiger partial charge in [-0.2, -0.15) is 0 Å². The molecule has 0 fully saturated rings. The van der Waals surface area contributed by atoms with E-state index in [2.05, 4.69) is 4.98 Å². The minimum Gasteiger partial charge on any atom is -0.453 e. The molecule has 4 aromatic rings. The van der Waals surface area contributed by atoms with E-state index in [0.29, 0.717) is 22.6 Å². The maximum Gasteiger partial charge on any atom is 0.357 e. The van der Waals surface area contributed by atoms with Crippen molar-refractivity contribution < 1.29 is 27.1 Å². The number of halogens is 1. The molecule has 0 aliphatic carbocycles. The number of aryl methyl sites for hydroxylation is 1. The van der Waals surface area contributed by atoms with Gasteiger partial charge in [-0.25, -0.2) is 27.7 Å². The van der Waals surface area contributed by atoms with Crippen LogP contribution in [0.2, 0.25) is 0 Å². The standard InChI is InChI=1S/C24H21FN4O5S/c1-15-11-21(16(2)29(15)19-7-9-20(10-8-19)35(26,32)33)23(30)13-34-24(31)22-12-27-14-28(22)18-5-3-17(25)4-6-18/h3-12,14H,13H2,1-2H3,(H2,26,32,33). The molecule has 180 valence electrons. The number of esters is 1. The molecule has 0 aliphatic rings. The number of hydrogen-bond donors (Lipinski definition) is 1. The zero-order chi connectivity index (χ0) is 25.3. The number of primary sulfonamides is 1. The number of Topliss-reactive ketones (excluding diaryl/α,β-unsaturated/α-hetero) is 1. The summed E-state index contributed by atoms with van der Waals surface area (Å²) in [7, 11) is -3.82. The van der Waals surface area contributed by atoms with E-state index in [1.54, 1.807) is 36.6 Å². The molecule has 2 aromatic carbocycles. The molecule has 0 aliphatic heterocycles. The van der Waals surface area contributed by atoms with Crippen LogP contribution in [0.1, 0.15) is 32.2 Å². The van der Waals surface area contributed by atoms with E-state index < -0.39 is 34.2 Å². The van der Waals surface area contributed by atoms with E-state index in [-0.39, 0.29) is 10.6 Å². The second-order valence-electron chi connectivity index (χ2n) is 7.78. The highest BCUT2D eigenvalue weighted by molar-refractivity contribution is 7.89. The summed E-state index contributed by atoms with van der Waals surface area (Å²) in [6, 6.07) is 13.1. The first kappa shape index (κ1) is 24.0. The fraction of sp³-hybridized carbons (Fsp3) is 0.125. The lowest BCUT2D eigenvalue weighted by molar-refractivity contribution is 0.0466. The number of ketones is 1. The first-order valence-corrected chi connectivity index (χ1v) is 11.9. The number of nitrogens with two attached hydrogens (primary N) is 1. The Morgan fingerprint density at radius 3 is 2.29 bits per heavy atom. The van der Waals surface area contributed by atoms with Gasteiger partial charge >= 0.3 is 5.97 Å². The average Bonchev–Trinajstić information content (AvgIpc) is 3.42. The number of carbonyl (C=O) groups excluding carboxylic acids is 2. The van der Waals surface area contributed by atoms with Crippen LogP contribution in [0.25, 0.3) is 11.4 Å². The van der Waals surface area contributed by atoms with E-state index in [4.69, 9.17) is 9.88 Å². The molecule has 0 saturated heterocycles. The van der Waals surface area contributed by atoms with E-state index >= 15 is 0 Å². The third kappa shape index (κ3) is 4.91. The van der Waals surface area contributed by atoms with Gasteiger partial charge < -0.3 is 9.30 Å². The maximum atomic E-state index is 13.2. The minimum atomic E-state index is -3.82. The van der Waals surface area contributed by atoms with Crippen LogP contribution >= 0.6 is 0 Å². The summed E-state index contributed by atoms with van der Waals surface area (Å²) < 4.78 is 44.7. The van der Waals surface area contributed by atoms with Crippen molar-refractivity contribution in [3.63, 3.8) is 0 Å². The van der Waals surface area contributed by atoms with Crippen LogP contribution < -0.4 is 5.14 Å². The monoisotopic (exact) mass is 496 g/mol. The summed E-state index contributed by atoms with van der Waals surface area (Å²) >= 11 is 0. The Labute approximate surface area is 200 Å². The second-order valence-corrected chi connectivity index (χ2v) is 9.35. The number of nitrogens with zero attached hydrogens (tertiary/aromatic N) is 3. The molecule has 9 nitrogen and oxygen atoms in total. The molecule has 2 heterocycles. The van der Waals surface area contributed by atoms with Crippen LogP contribution in [0.3, 0.4) is 0 Å². The van der Waals surface area contributed by atoms with Crippen LogP contribution in [0.4, 0.5) is 4.39 Å². The Balaban J connectivity index is 1.51. The zero-order valence-electron chi connectivity index (χ0n) is 18.8. The van der Waals surface area contributed by atoms with Gasteiger partial charge in [-0.05, 0) is 68.4 Å².